The highest BCUT2D eigenvalue weighted by molar-refractivity contribution is 5.28. The van der Waals surface area contributed by atoms with Crippen molar-refractivity contribution < 1.29 is 4.39 Å². The molecule has 15 heavy (non-hydrogen) atoms. The van der Waals surface area contributed by atoms with Crippen LogP contribution in [0.4, 0.5) is 10.3 Å². The molecule has 0 saturated heterocycles. The lowest BCUT2D eigenvalue weighted by Crippen LogP contribution is -2.03. The van der Waals surface area contributed by atoms with Gasteiger partial charge in [0.1, 0.15) is 5.82 Å². The molecule has 0 aliphatic heterocycles. The van der Waals surface area contributed by atoms with Gasteiger partial charge in [-0.3, -0.25) is 0 Å². The second-order valence-electron chi connectivity index (χ2n) is 3.18. The molecule has 0 spiro atoms. The van der Waals surface area contributed by atoms with Gasteiger partial charge in [0.2, 0.25) is 0 Å². The van der Waals surface area contributed by atoms with E-state index < -0.39 is 0 Å². The first-order valence-electron chi connectivity index (χ1n) is 4.48. The lowest BCUT2D eigenvalue weighted by atomic mass is 10.1. The van der Waals surface area contributed by atoms with Crippen LogP contribution in [-0.4, -0.2) is 20.6 Å². The lowest BCUT2D eigenvalue weighted by Gasteiger charge is -2.04. The van der Waals surface area contributed by atoms with E-state index in [1.165, 1.54) is 6.07 Å². The molecule has 0 saturated carbocycles. The number of benzene rings is 1. The number of aromatic nitrogens is 4. The molecule has 2 N–H and O–H groups in total. The number of hydrogen-bond donors (Lipinski definition) is 2. The SMILES string of the molecule is Cc1ccc(F)c(CNc2nn[nH]n2)c1. The van der Waals surface area contributed by atoms with Gasteiger partial charge in [0.05, 0.1) is 0 Å². The summed E-state index contributed by atoms with van der Waals surface area (Å²) in [5.41, 5.74) is 1.60. The van der Waals surface area contributed by atoms with Crippen molar-refractivity contribution in [2.45, 2.75) is 13.5 Å². The average molecular weight is 207 g/mol. The van der Waals surface area contributed by atoms with Gasteiger partial charge in [-0.2, -0.15) is 5.21 Å². The fourth-order valence-corrected chi connectivity index (χ4v) is 1.25. The zero-order valence-electron chi connectivity index (χ0n) is 8.16. The number of H-pyrrole nitrogens is 1. The fraction of sp³-hybridized carbons (Fsp3) is 0.222. The Morgan fingerprint density at radius 2 is 2.33 bits per heavy atom. The van der Waals surface area contributed by atoms with Crippen molar-refractivity contribution in [3.05, 3.63) is 35.1 Å². The van der Waals surface area contributed by atoms with E-state index in [0.717, 1.165) is 5.56 Å². The number of anilines is 1. The first-order valence-corrected chi connectivity index (χ1v) is 4.48. The normalized spacial score (nSPS) is 10.3. The van der Waals surface area contributed by atoms with Crippen molar-refractivity contribution in [1.29, 1.82) is 0 Å². The van der Waals surface area contributed by atoms with E-state index in [1.54, 1.807) is 12.1 Å². The second-order valence-corrected chi connectivity index (χ2v) is 3.18. The van der Waals surface area contributed by atoms with E-state index in [1.807, 2.05) is 6.92 Å². The molecule has 5 nitrogen and oxygen atoms in total. The Kier molecular flexibility index (Phi) is 2.57. The van der Waals surface area contributed by atoms with E-state index in [9.17, 15) is 4.39 Å². The van der Waals surface area contributed by atoms with Gasteiger partial charge in [0.25, 0.3) is 5.95 Å². The highest BCUT2D eigenvalue weighted by Gasteiger charge is 2.03. The molecule has 0 unspecified atom stereocenters. The molecule has 6 heteroatoms. The maximum absolute atomic E-state index is 13.3. The molecule has 78 valence electrons. The van der Waals surface area contributed by atoms with E-state index in [2.05, 4.69) is 25.9 Å². The van der Waals surface area contributed by atoms with Gasteiger partial charge in [0, 0.05) is 12.1 Å². The summed E-state index contributed by atoms with van der Waals surface area (Å²) in [5.74, 6) is 0.118. The number of nitrogens with zero attached hydrogens (tertiary/aromatic N) is 3. The minimum atomic E-state index is -0.239. The number of rotatable bonds is 3. The maximum atomic E-state index is 13.3. The lowest BCUT2D eigenvalue weighted by molar-refractivity contribution is 0.612. The Labute approximate surface area is 85.7 Å². The van der Waals surface area contributed by atoms with Crippen LogP contribution in [0.1, 0.15) is 11.1 Å². The van der Waals surface area contributed by atoms with Gasteiger partial charge in [-0.25, -0.2) is 4.39 Å². The summed E-state index contributed by atoms with van der Waals surface area (Å²) in [6, 6.07) is 4.96. The summed E-state index contributed by atoms with van der Waals surface area (Å²) in [7, 11) is 0. The Balaban J connectivity index is 2.07. The van der Waals surface area contributed by atoms with E-state index in [0.29, 0.717) is 18.1 Å². The number of aromatic amines is 1. The number of nitrogens with one attached hydrogen (secondary N) is 2. The third-order valence-corrected chi connectivity index (χ3v) is 1.98. The van der Waals surface area contributed by atoms with E-state index in [4.69, 9.17) is 0 Å². The standard InChI is InChI=1S/C9H10FN5/c1-6-2-3-8(10)7(4-6)5-11-9-12-14-15-13-9/h2-4H,5H2,1H3,(H2,11,12,13,14,15). The summed E-state index contributed by atoms with van der Waals surface area (Å²) in [6.07, 6.45) is 0. The first-order chi connectivity index (χ1) is 7.25. The van der Waals surface area contributed by atoms with Gasteiger partial charge in [-0.15, -0.1) is 5.10 Å². The van der Waals surface area contributed by atoms with Crippen LogP contribution in [-0.2, 0) is 6.54 Å². The van der Waals surface area contributed by atoms with E-state index >= 15 is 0 Å². The first kappa shape index (κ1) is 9.57. The van der Waals surface area contributed by atoms with Crippen LogP contribution in [0.5, 0.6) is 0 Å². The molecular weight excluding hydrogens is 197 g/mol. The van der Waals surface area contributed by atoms with Crippen molar-refractivity contribution in [1.82, 2.24) is 20.6 Å². The molecule has 0 fully saturated rings. The van der Waals surface area contributed by atoms with Crippen LogP contribution >= 0.6 is 0 Å². The highest BCUT2D eigenvalue weighted by atomic mass is 19.1. The molecule has 1 aromatic carbocycles. The highest BCUT2D eigenvalue weighted by Crippen LogP contribution is 2.10. The average Bonchev–Trinajstić information content (AvgIpc) is 2.72. The molecule has 0 aliphatic rings. The smallest absolute Gasteiger partial charge is 0.263 e. The zero-order chi connectivity index (χ0) is 10.7. The molecule has 2 aromatic rings. The summed E-state index contributed by atoms with van der Waals surface area (Å²) in [5, 5.41) is 15.9. The van der Waals surface area contributed by atoms with E-state index in [-0.39, 0.29) is 5.82 Å². The topological polar surface area (TPSA) is 66.5 Å². The minimum absolute atomic E-state index is 0.239. The molecule has 1 aromatic heterocycles. The molecule has 0 aliphatic carbocycles. The molecule has 2 rings (SSSR count). The summed E-state index contributed by atoms with van der Waals surface area (Å²) in [4.78, 5) is 0. The quantitative estimate of drug-likeness (QED) is 0.795. The van der Waals surface area contributed by atoms with Crippen LogP contribution in [0.3, 0.4) is 0 Å². The van der Waals surface area contributed by atoms with Crippen molar-refractivity contribution in [2.24, 2.45) is 0 Å². The summed E-state index contributed by atoms with van der Waals surface area (Å²) >= 11 is 0. The minimum Gasteiger partial charge on any atom is -0.347 e. The van der Waals surface area contributed by atoms with Crippen LogP contribution in [0, 0.1) is 12.7 Å². The Morgan fingerprint density at radius 3 is 3.07 bits per heavy atom. The largest absolute Gasteiger partial charge is 0.347 e. The van der Waals surface area contributed by atoms with Gasteiger partial charge < -0.3 is 5.32 Å². The van der Waals surface area contributed by atoms with Gasteiger partial charge in [0.15, 0.2) is 0 Å². The molecule has 0 amide bonds. The number of hydrogen-bond acceptors (Lipinski definition) is 4. The Bertz CT molecular complexity index is 440. The van der Waals surface area contributed by atoms with Crippen LogP contribution in [0.25, 0.3) is 0 Å². The molecule has 1 heterocycles. The predicted molar refractivity (Wildman–Crippen MR) is 52.6 cm³/mol. The third-order valence-electron chi connectivity index (χ3n) is 1.98. The predicted octanol–water partition coefficient (Wildman–Crippen LogP) is 1.26. The van der Waals surface area contributed by atoms with Crippen molar-refractivity contribution in [3.8, 4) is 0 Å². The Hall–Kier alpha value is -1.98. The molecule has 0 bridgehead atoms. The van der Waals surface area contributed by atoms with Gasteiger partial charge in [-0.1, -0.05) is 22.8 Å². The molecule has 0 atom stereocenters. The van der Waals surface area contributed by atoms with Gasteiger partial charge in [-0.05, 0) is 18.2 Å². The fourth-order valence-electron chi connectivity index (χ4n) is 1.25. The van der Waals surface area contributed by atoms with Crippen molar-refractivity contribution >= 4 is 5.95 Å². The third kappa shape index (κ3) is 2.28. The number of aryl methyl sites for hydroxylation is 1. The monoisotopic (exact) mass is 207 g/mol. The Morgan fingerprint density at radius 1 is 1.47 bits per heavy atom. The van der Waals surface area contributed by atoms with Crippen LogP contribution < -0.4 is 5.32 Å². The van der Waals surface area contributed by atoms with Crippen molar-refractivity contribution in [2.75, 3.05) is 5.32 Å². The number of halogens is 1. The molecular formula is C9H10FN5. The van der Waals surface area contributed by atoms with Crippen molar-refractivity contribution in [3.63, 3.8) is 0 Å². The van der Waals surface area contributed by atoms with Crippen LogP contribution in [0.2, 0.25) is 0 Å². The second kappa shape index (κ2) is 4.04. The molecule has 0 radical (unpaired) electrons. The zero-order valence-corrected chi connectivity index (χ0v) is 8.16. The summed E-state index contributed by atoms with van der Waals surface area (Å²) < 4.78 is 13.3. The van der Waals surface area contributed by atoms with Gasteiger partial charge >= 0.3 is 0 Å². The van der Waals surface area contributed by atoms with Crippen LogP contribution in [0.15, 0.2) is 18.2 Å². The summed E-state index contributed by atoms with van der Waals surface area (Å²) in [6.45, 7) is 2.25. The maximum Gasteiger partial charge on any atom is 0.263 e. The number of tetrazole rings is 1.